The predicted molar refractivity (Wildman–Crippen MR) is 60.6 cm³/mol. The third kappa shape index (κ3) is 1.90. The molecule has 76 valence electrons. The van der Waals surface area contributed by atoms with Crippen molar-refractivity contribution in [2.24, 2.45) is 0 Å². The molecule has 2 heteroatoms. The van der Waals surface area contributed by atoms with Crippen LogP contribution >= 0.6 is 0 Å². The zero-order chi connectivity index (χ0) is 9.97. The highest BCUT2D eigenvalue weighted by molar-refractivity contribution is 5.55. The second-order valence-electron chi connectivity index (χ2n) is 4.11. The van der Waals surface area contributed by atoms with Gasteiger partial charge in [0.1, 0.15) is 0 Å². The Balaban J connectivity index is 2.22. The lowest BCUT2D eigenvalue weighted by atomic mass is 9.97. The van der Waals surface area contributed by atoms with Gasteiger partial charge in [-0.15, -0.1) is 0 Å². The van der Waals surface area contributed by atoms with Crippen LogP contribution in [-0.4, -0.2) is 13.1 Å². The minimum atomic E-state index is 0.623. The van der Waals surface area contributed by atoms with Crippen molar-refractivity contribution in [3.63, 3.8) is 0 Å². The van der Waals surface area contributed by atoms with Gasteiger partial charge in [-0.2, -0.15) is 0 Å². The first-order chi connectivity index (χ1) is 6.79. The summed E-state index contributed by atoms with van der Waals surface area (Å²) in [6.45, 7) is 3.20. The van der Waals surface area contributed by atoms with E-state index >= 15 is 0 Å². The molecule has 1 heterocycles. The summed E-state index contributed by atoms with van der Waals surface area (Å²) in [6.07, 6.45) is 2.46. The van der Waals surface area contributed by atoms with Gasteiger partial charge in [-0.25, -0.2) is 0 Å². The largest absolute Gasteiger partial charge is 0.382 e. The van der Waals surface area contributed by atoms with Crippen LogP contribution in [0.4, 0.5) is 5.69 Å². The Bertz CT molecular complexity index is 320. The SMILES string of the molecule is CNCc1ccc2c(c1)CCC(C)N2. The van der Waals surface area contributed by atoms with Crippen molar-refractivity contribution in [1.82, 2.24) is 5.32 Å². The first-order valence-corrected chi connectivity index (χ1v) is 5.32. The highest BCUT2D eigenvalue weighted by Gasteiger charge is 2.13. The molecule has 0 fully saturated rings. The molecule has 1 aromatic carbocycles. The standard InChI is InChI=1S/C12H18N2/c1-9-3-5-11-7-10(8-13-2)4-6-12(11)14-9/h4,6-7,9,13-14H,3,5,8H2,1-2H3. The average Bonchev–Trinajstić information content (AvgIpc) is 2.19. The smallest absolute Gasteiger partial charge is 0.0374 e. The van der Waals surface area contributed by atoms with Gasteiger partial charge in [0.05, 0.1) is 0 Å². The van der Waals surface area contributed by atoms with E-state index in [-0.39, 0.29) is 0 Å². The van der Waals surface area contributed by atoms with Crippen molar-refractivity contribution < 1.29 is 0 Å². The molecular formula is C12H18N2. The fraction of sp³-hybridized carbons (Fsp3) is 0.500. The summed E-state index contributed by atoms with van der Waals surface area (Å²) >= 11 is 0. The Morgan fingerprint density at radius 1 is 1.50 bits per heavy atom. The molecule has 0 saturated heterocycles. The lowest BCUT2D eigenvalue weighted by Gasteiger charge is -2.24. The molecule has 0 radical (unpaired) electrons. The van der Waals surface area contributed by atoms with Gasteiger partial charge in [0, 0.05) is 18.3 Å². The van der Waals surface area contributed by atoms with Crippen LogP contribution in [0, 0.1) is 0 Å². The third-order valence-corrected chi connectivity index (χ3v) is 2.80. The number of nitrogens with one attached hydrogen (secondary N) is 2. The number of fused-ring (bicyclic) bond motifs is 1. The molecule has 1 aliphatic rings. The predicted octanol–water partition coefficient (Wildman–Crippen LogP) is 2.15. The molecule has 0 amide bonds. The van der Waals surface area contributed by atoms with Crippen molar-refractivity contribution in [1.29, 1.82) is 0 Å². The van der Waals surface area contributed by atoms with E-state index in [2.05, 4.69) is 35.8 Å². The highest BCUT2D eigenvalue weighted by atomic mass is 14.9. The number of hydrogen-bond donors (Lipinski definition) is 2. The first-order valence-electron chi connectivity index (χ1n) is 5.32. The zero-order valence-corrected chi connectivity index (χ0v) is 8.93. The molecule has 1 aliphatic heterocycles. The minimum absolute atomic E-state index is 0.623. The van der Waals surface area contributed by atoms with E-state index in [1.54, 1.807) is 0 Å². The summed E-state index contributed by atoms with van der Waals surface area (Å²) in [5.74, 6) is 0. The van der Waals surface area contributed by atoms with Crippen molar-refractivity contribution in [3.05, 3.63) is 29.3 Å². The Morgan fingerprint density at radius 3 is 3.14 bits per heavy atom. The summed E-state index contributed by atoms with van der Waals surface area (Å²) in [5.41, 5.74) is 4.17. The minimum Gasteiger partial charge on any atom is -0.382 e. The zero-order valence-electron chi connectivity index (χ0n) is 8.93. The van der Waals surface area contributed by atoms with Gasteiger partial charge in [0.2, 0.25) is 0 Å². The van der Waals surface area contributed by atoms with Crippen LogP contribution in [0.1, 0.15) is 24.5 Å². The van der Waals surface area contributed by atoms with Crippen LogP contribution in [0.25, 0.3) is 0 Å². The molecule has 1 atom stereocenters. The molecule has 0 spiro atoms. The van der Waals surface area contributed by atoms with Crippen molar-refractivity contribution in [2.75, 3.05) is 12.4 Å². The van der Waals surface area contributed by atoms with E-state index in [1.165, 1.54) is 29.7 Å². The molecule has 0 saturated carbocycles. The second-order valence-corrected chi connectivity index (χ2v) is 4.11. The first kappa shape index (κ1) is 9.53. The van der Waals surface area contributed by atoms with E-state index in [1.807, 2.05) is 7.05 Å². The molecule has 2 rings (SSSR count). The van der Waals surface area contributed by atoms with Gasteiger partial charge in [0.15, 0.2) is 0 Å². The summed E-state index contributed by atoms with van der Waals surface area (Å²) in [6, 6.07) is 7.33. The number of benzene rings is 1. The fourth-order valence-electron chi connectivity index (χ4n) is 2.02. The molecule has 1 unspecified atom stereocenters. The van der Waals surface area contributed by atoms with Crippen molar-refractivity contribution in [3.8, 4) is 0 Å². The number of rotatable bonds is 2. The van der Waals surface area contributed by atoms with Crippen LogP contribution in [0.2, 0.25) is 0 Å². The maximum absolute atomic E-state index is 3.51. The van der Waals surface area contributed by atoms with Crippen LogP contribution < -0.4 is 10.6 Å². The van der Waals surface area contributed by atoms with Gasteiger partial charge in [0.25, 0.3) is 0 Å². The Hall–Kier alpha value is -1.02. The Morgan fingerprint density at radius 2 is 2.36 bits per heavy atom. The average molecular weight is 190 g/mol. The summed E-state index contributed by atoms with van der Waals surface area (Å²) in [4.78, 5) is 0. The summed E-state index contributed by atoms with van der Waals surface area (Å²) < 4.78 is 0. The van der Waals surface area contributed by atoms with Gasteiger partial charge in [-0.3, -0.25) is 0 Å². The van der Waals surface area contributed by atoms with E-state index in [4.69, 9.17) is 0 Å². The lowest BCUT2D eigenvalue weighted by molar-refractivity contribution is 0.679. The number of hydrogen-bond acceptors (Lipinski definition) is 2. The highest BCUT2D eigenvalue weighted by Crippen LogP contribution is 2.25. The van der Waals surface area contributed by atoms with E-state index < -0.39 is 0 Å². The number of anilines is 1. The van der Waals surface area contributed by atoms with E-state index in [0.717, 1.165) is 6.54 Å². The fourth-order valence-corrected chi connectivity index (χ4v) is 2.02. The quantitative estimate of drug-likeness (QED) is 0.746. The van der Waals surface area contributed by atoms with Gasteiger partial charge in [-0.1, -0.05) is 12.1 Å². The molecule has 2 nitrogen and oxygen atoms in total. The van der Waals surface area contributed by atoms with Crippen LogP contribution in [0.5, 0.6) is 0 Å². The topological polar surface area (TPSA) is 24.1 Å². The van der Waals surface area contributed by atoms with Gasteiger partial charge >= 0.3 is 0 Å². The molecule has 1 aromatic rings. The van der Waals surface area contributed by atoms with E-state index in [9.17, 15) is 0 Å². The molecule has 2 N–H and O–H groups in total. The molecule has 0 aromatic heterocycles. The second kappa shape index (κ2) is 4.01. The Labute approximate surface area is 85.7 Å². The third-order valence-electron chi connectivity index (χ3n) is 2.80. The molecule has 0 bridgehead atoms. The van der Waals surface area contributed by atoms with Crippen molar-refractivity contribution >= 4 is 5.69 Å². The number of aryl methyl sites for hydroxylation is 1. The normalized spacial score (nSPS) is 20.0. The maximum atomic E-state index is 3.51. The molecule has 14 heavy (non-hydrogen) atoms. The summed E-state index contributed by atoms with van der Waals surface area (Å²) in [5, 5.41) is 6.69. The van der Waals surface area contributed by atoms with Crippen LogP contribution in [0.15, 0.2) is 18.2 Å². The maximum Gasteiger partial charge on any atom is 0.0374 e. The van der Waals surface area contributed by atoms with Crippen LogP contribution in [-0.2, 0) is 13.0 Å². The van der Waals surface area contributed by atoms with Gasteiger partial charge < -0.3 is 10.6 Å². The molecular weight excluding hydrogens is 172 g/mol. The monoisotopic (exact) mass is 190 g/mol. The van der Waals surface area contributed by atoms with Crippen molar-refractivity contribution in [2.45, 2.75) is 32.4 Å². The van der Waals surface area contributed by atoms with Gasteiger partial charge in [-0.05, 0) is 44.0 Å². The van der Waals surface area contributed by atoms with E-state index in [0.29, 0.717) is 6.04 Å². The summed E-state index contributed by atoms with van der Waals surface area (Å²) in [7, 11) is 1.99. The molecule has 0 aliphatic carbocycles. The Kier molecular flexibility index (Phi) is 2.73. The lowest BCUT2D eigenvalue weighted by Crippen LogP contribution is -2.22. The van der Waals surface area contributed by atoms with Crippen LogP contribution in [0.3, 0.4) is 0 Å².